The second kappa shape index (κ2) is 2.74. The minimum Gasteiger partial charge on any atom is -0.497 e. The second-order valence-corrected chi connectivity index (χ2v) is 4.36. The molecular weight excluding hydrogens is 174 g/mol. The Bertz CT molecular complexity index is 375. The Morgan fingerprint density at radius 2 is 1.93 bits per heavy atom. The molecular formula is C12H15NO. The first-order valence-corrected chi connectivity index (χ1v) is 5.24. The molecule has 0 radical (unpaired) electrons. The van der Waals surface area contributed by atoms with Gasteiger partial charge in [0.15, 0.2) is 0 Å². The van der Waals surface area contributed by atoms with Crippen molar-refractivity contribution in [2.24, 2.45) is 5.73 Å². The van der Waals surface area contributed by atoms with Crippen LogP contribution in [0.3, 0.4) is 0 Å². The van der Waals surface area contributed by atoms with Gasteiger partial charge in [-0.05, 0) is 42.0 Å². The number of methoxy groups -OCH3 is 1. The van der Waals surface area contributed by atoms with Crippen LogP contribution in [0.5, 0.6) is 5.75 Å². The lowest BCUT2D eigenvalue weighted by Gasteiger charge is -2.14. The van der Waals surface area contributed by atoms with Gasteiger partial charge in [-0.1, -0.05) is 6.07 Å². The Morgan fingerprint density at radius 3 is 2.64 bits per heavy atom. The molecule has 3 rings (SSSR count). The topological polar surface area (TPSA) is 35.2 Å². The molecule has 14 heavy (non-hydrogen) atoms. The molecule has 0 spiro atoms. The van der Waals surface area contributed by atoms with Crippen molar-refractivity contribution in [2.75, 3.05) is 7.11 Å². The number of hydrogen-bond acceptors (Lipinski definition) is 2. The van der Waals surface area contributed by atoms with E-state index in [1.807, 2.05) is 6.07 Å². The molecule has 2 nitrogen and oxygen atoms in total. The average Bonchev–Trinajstić information content (AvgIpc) is 2.72. The summed E-state index contributed by atoms with van der Waals surface area (Å²) in [5, 5.41) is 0. The molecule has 0 amide bonds. The quantitative estimate of drug-likeness (QED) is 0.733. The fourth-order valence-corrected chi connectivity index (χ4v) is 3.09. The van der Waals surface area contributed by atoms with Gasteiger partial charge in [-0.15, -0.1) is 0 Å². The van der Waals surface area contributed by atoms with Crippen molar-refractivity contribution in [1.82, 2.24) is 0 Å². The van der Waals surface area contributed by atoms with E-state index in [-0.39, 0.29) is 0 Å². The maximum absolute atomic E-state index is 6.19. The van der Waals surface area contributed by atoms with Crippen LogP contribution >= 0.6 is 0 Å². The molecule has 2 aliphatic rings. The van der Waals surface area contributed by atoms with Gasteiger partial charge in [0.05, 0.1) is 7.11 Å². The van der Waals surface area contributed by atoms with Gasteiger partial charge >= 0.3 is 0 Å². The van der Waals surface area contributed by atoms with Crippen molar-refractivity contribution >= 4 is 0 Å². The first-order valence-electron chi connectivity index (χ1n) is 5.24. The van der Waals surface area contributed by atoms with Crippen LogP contribution in [0.25, 0.3) is 0 Å². The highest BCUT2D eigenvalue weighted by atomic mass is 16.5. The van der Waals surface area contributed by atoms with E-state index >= 15 is 0 Å². The minimum atomic E-state index is 0.358. The van der Waals surface area contributed by atoms with Crippen molar-refractivity contribution < 1.29 is 4.74 Å². The Morgan fingerprint density at radius 1 is 1.21 bits per heavy atom. The van der Waals surface area contributed by atoms with Gasteiger partial charge < -0.3 is 10.5 Å². The number of ether oxygens (including phenoxy) is 1. The molecule has 74 valence electrons. The zero-order chi connectivity index (χ0) is 9.71. The second-order valence-electron chi connectivity index (χ2n) is 4.36. The summed E-state index contributed by atoms with van der Waals surface area (Å²) in [5.41, 5.74) is 9.09. The van der Waals surface area contributed by atoms with E-state index in [1.54, 1.807) is 7.11 Å². The third-order valence-electron chi connectivity index (χ3n) is 3.81. The van der Waals surface area contributed by atoms with Crippen LogP contribution in [0.2, 0.25) is 0 Å². The van der Waals surface area contributed by atoms with Crippen molar-refractivity contribution in [3.05, 3.63) is 29.3 Å². The van der Waals surface area contributed by atoms with Crippen LogP contribution < -0.4 is 10.5 Å². The molecule has 0 unspecified atom stereocenters. The SMILES string of the molecule is COc1ccc2c(c1)[C@@H]1CC[C@H]2[C@H]1N. The van der Waals surface area contributed by atoms with E-state index in [1.165, 1.54) is 24.0 Å². The van der Waals surface area contributed by atoms with Gasteiger partial charge in [-0.25, -0.2) is 0 Å². The third-order valence-corrected chi connectivity index (χ3v) is 3.81. The van der Waals surface area contributed by atoms with Crippen LogP contribution in [0, 0.1) is 0 Å². The monoisotopic (exact) mass is 189 g/mol. The molecule has 1 saturated carbocycles. The zero-order valence-electron chi connectivity index (χ0n) is 8.36. The summed E-state index contributed by atoms with van der Waals surface area (Å²) in [6.45, 7) is 0. The average molecular weight is 189 g/mol. The summed E-state index contributed by atoms with van der Waals surface area (Å²) in [5.74, 6) is 2.16. The third kappa shape index (κ3) is 0.894. The van der Waals surface area contributed by atoms with Gasteiger partial charge in [0.25, 0.3) is 0 Å². The number of hydrogen-bond donors (Lipinski definition) is 1. The van der Waals surface area contributed by atoms with Crippen molar-refractivity contribution in [3.63, 3.8) is 0 Å². The predicted octanol–water partition coefficient (Wildman–Crippen LogP) is 2.00. The Hall–Kier alpha value is -1.02. The van der Waals surface area contributed by atoms with E-state index in [9.17, 15) is 0 Å². The summed E-state index contributed by atoms with van der Waals surface area (Å²) in [6.07, 6.45) is 2.52. The minimum absolute atomic E-state index is 0.358. The lowest BCUT2D eigenvalue weighted by molar-refractivity contribution is 0.413. The fraction of sp³-hybridized carbons (Fsp3) is 0.500. The Labute approximate surface area is 84.1 Å². The molecule has 3 atom stereocenters. The number of fused-ring (bicyclic) bond motifs is 5. The standard InChI is InChI=1S/C12H15NO/c1-14-7-2-3-8-9-4-5-10(12(9)13)11(8)6-7/h2-3,6,9-10,12H,4-5,13H2,1H3/t9-,10+,12-/m1/s1. The van der Waals surface area contributed by atoms with Crippen LogP contribution in [-0.2, 0) is 0 Å². The van der Waals surface area contributed by atoms with Gasteiger partial charge in [0.2, 0.25) is 0 Å². The summed E-state index contributed by atoms with van der Waals surface area (Å²) in [4.78, 5) is 0. The summed E-state index contributed by atoms with van der Waals surface area (Å²) in [7, 11) is 1.72. The highest BCUT2D eigenvalue weighted by molar-refractivity contribution is 5.48. The Kier molecular flexibility index (Phi) is 1.62. The van der Waals surface area contributed by atoms with Crippen molar-refractivity contribution in [2.45, 2.75) is 30.7 Å². The molecule has 1 aromatic carbocycles. The van der Waals surface area contributed by atoms with E-state index in [0.29, 0.717) is 17.9 Å². The highest BCUT2D eigenvalue weighted by Crippen LogP contribution is 2.52. The number of rotatable bonds is 1. The first kappa shape index (κ1) is 8.30. The van der Waals surface area contributed by atoms with Gasteiger partial charge in [0.1, 0.15) is 5.75 Å². The highest BCUT2D eigenvalue weighted by Gasteiger charge is 2.43. The Balaban J connectivity index is 2.11. The summed E-state index contributed by atoms with van der Waals surface area (Å²) in [6, 6.07) is 6.76. The largest absolute Gasteiger partial charge is 0.497 e. The summed E-state index contributed by atoms with van der Waals surface area (Å²) >= 11 is 0. The van der Waals surface area contributed by atoms with Crippen LogP contribution in [0.1, 0.15) is 35.8 Å². The number of benzene rings is 1. The van der Waals surface area contributed by atoms with Gasteiger partial charge in [-0.3, -0.25) is 0 Å². The van der Waals surface area contributed by atoms with Crippen LogP contribution in [0.4, 0.5) is 0 Å². The summed E-state index contributed by atoms with van der Waals surface area (Å²) < 4.78 is 5.24. The molecule has 1 fully saturated rings. The molecule has 0 saturated heterocycles. The molecule has 0 aliphatic heterocycles. The predicted molar refractivity (Wildman–Crippen MR) is 55.7 cm³/mol. The fourth-order valence-electron chi connectivity index (χ4n) is 3.09. The normalized spacial score (nSPS) is 33.1. The van der Waals surface area contributed by atoms with Crippen LogP contribution in [-0.4, -0.2) is 13.2 Å². The van der Waals surface area contributed by atoms with E-state index in [0.717, 1.165) is 5.75 Å². The molecule has 0 heterocycles. The maximum atomic E-state index is 6.19. The van der Waals surface area contributed by atoms with Gasteiger partial charge in [0, 0.05) is 12.0 Å². The number of nitrogens with two attached hydrogens (primary N) is 1. The van der Waals surface area contributed by atoms with E-state index in [4.69, 9.17) is 10.5 Å². The van der Waals surface area contributed by atoms with Crippen LogP contribution in [0.15, 0.2) is 18.2 Å². The molecule has 2 bridgehead atoms. The molecule has 2 heteroatoms. The molecule has 0 aromatic heterocycles. The van der Waals surface area contributed by atoms with Gasteiger partial charge in [-0.2, -0.15) is 0 Å². The van der Waals surface area contributed by atoms with E-state index < -0.39 is 0 Å². The smallest absolute Gasteiger partial charge is 0.119 e. The van der Waals surface area contributed by atoms with Crippen molar-refractivity contribution in [3.8, 4) is 5.75 Å². The molecule has 2 N–H and O–H groups in total. The first-order chi connectivity index (χ1) is 6.81. The zero-order valence-corrected chi connectivity index (χ0v) is 8.36. The lowest BCUT2D eigenvalue weighted by Crippen LogP contribution is -2.22. The van der Waals surface area contributed by atoms with Crippen molar-refractivity contribution in [1.29, 1.82) is 0 Å². The molecule has 2 aliphatic carbocycles. The van der Waals surface area contributed by atoms with E-state index in [2.05, 4.69) is 12.1 Å². The lowest BCUT2D eigenvalue weighted by atomic mass is 9.92. The maximum Gasteiger partial charge on any atom is 0.119 e. The molecule has 1 aromatic rings.